The molecule has 1 aromatic heterocycles. The molecule has 2 unspecified atom stereocenters. The van der Waals surface area contributed by atoms with Gasteiger partial charge in [0, 0.05) is 10.9 Å². The van der Waals surface area contributed by atoms with Crippen molar-refractivity contribution in [1.82, 2.24) is 0 Å². The van der Waals surface area contributed by atoms with Crippen LogP contribution in [0.15, 0.2) is 29.6 Å². The zero-order chi connectivity index (χ0) is 15.4. The van der Waals surface area contributed by atoms with E-state index < -0.39 is 5.82 Å². The summed E-state index contributed by atoms with van der Waals surface area (Å²) in [6.07, 6.45) is 0.336. The Kier molecular flexibility index (Phi) is 4.94. The summed E-state index contributed by atoms with van der Waals surface area (Å²) in [4.78, 5) is 1.01. The molecule has 2 atom stereocenters. The van der Waals surface area contributed by atoms with Gasteiger partial charge in [-0.1, -0.05) is 13.0 Å². The van der Waals surface area contributed by atoms with Gasteiger partial charge in [0.2, 0.25) is 0 Å². The average Bonchev–Trinajstić information content (AvgIpc) is 2.90. The van der Waals surface area contributed by atoms with Crippen LogP contribution < -0.4 is 10.5 Å². The molecule has 5 heteroatoms. The number of hydrogen-bond acceptors (Lipinski definition) is 4. The van der Waals surface area contributed by atoms with E-state index in [1.165, 1.54) is 12.1 Å². The van der Waals surface area contributed by atoms with Crippen molar-refractivity contribution >= 4 is 11.3 Å². The minimum atomic E-state index is -0.582. The molecule has 0 saturated carbocycles. The third-order valence-corrected chi connectivity index (χ3v) is 4.44. The maximum Gasteiger partial charge on any atom is 0.148 e. The van der Waals surface area contributed by atoms with Gasteiger partial charge in [-0.15, -0.1) is 11.3 Å². The maximum absolute atomic E-state index is 13.7. The fraction of sp³-hybridized carbons (Fsp3) is 0.312. The minimum Gasteiger partial charge on any atom is -0.482 e. The summed E-state index contributed by atoms with van der Waals surface area (Å²) >= 11 is 1.56. The van der Waals surface area contributed by atoms with Gasteiger partial charge in [-0.05, 0) is 42.5 Å². The van der Waals surface area contributed by atoms with Crippen molar-refractivity contribution in [3.05, 3.63) is 51.5 Å². The van der Waals surface area contributed by atoms with E-state index in [4.69, 9.17) is 15.7 Å². The molecule has 0 aliphatic rings. The quantitative estimate of drug-likeness (QED) is 0.910. The molecule has 0 fully saturated rings. The van der Waals surface area contributed by atoms with Gasteiger partial charge in [0.15, 0.2) is 0 Å². The summed E-state index contributed by atoms with van der Waals surface area (Å²) in [5.41, 5.74) is 7.16. The number of ether oxygens (including phenoxy) is 1. The van der Waals surface area contributed by atoms with Crippen molar-refractivity contribution in [3.8, 4) is 11.8 Å². The van der Waals surface area contributed by atoms with E-state index in [9.17, 15) is 4.39 Å². The predicted octanol–water partition coefficient (Wildman–Crippen LogP) is 3.92. The van der Waals surface area contributed by atoms with Gasteiger partial charge in [-0.3, -0.25) is 0 Å². The van der Waals surface area contributed by atoms with Crippen LogP contribution in [-0.4, -0.2) is 6.04 Å². The van der Waals surface area contributed by atoms with Gasteiger partial charge >= 0.3 is 0 Å². The number of nitrogens with zero attached hydrogens (tertiary/aromatic N) is 1. The third kappa shape index (κ3) is 3.23. The zero-order valence-corrected chi connectivity index (χ0v) is 12.8. The summed E-state index contributed by atoms with van der Waals surface area (Å²) < 4.78 is 19.6. The van der Waals surface area contributed by atoms with Crippen LogP contribution in [0.5, 0.6) is 5.75 Å². The molecule has 1 heterocycles. The predicted molar refractivity (Wildman–Crippen MR) is 81.8 cm³/mol. The SMILES string of the molecule is CCC(N)C(Oc1cccc(F)c1C#N)c1sccc1C. The van der Waals surface area contributed by atoms with Crippen LogP contribution >= 0.6 is 11.3 Å². The molecule has 110 valence electrons. The lowest BCUT2D eigenvalue weighted by Gasteiger charge is -2.24. The number of benzene rings is 1. The van der Waals surface area contributed by atoms with Crippen LogP contribution in [0.1, 0.15) is 35.5 Å². The van der Waals surface area contributed by atoms with E-state index >= 15 is 0 Å². The summed E-state index contributed by atoms with van der Waals surface area (Å²) in [6, 6.07) is 7.99. The summed E-state index contributed by atoms with van der Waals surface area (Å²) in [5.74, 6) is -0.346. The minimum absolute atomic E-state index is 0.0833. The Morgan fingerprint density at radius 1 is 1.43 bits per heavy atom. The highest BCUT2D eigenvalue weighted by molar-refractivity contribution is 7.10. The Hall–Kier alpha value is -1.90. The molecule has 0 radical (unpaired) electrons. The highest BCUT2D eigenvalue weighted by Gasteiger charge is 2.25. The zero-order valence-electron chi connectivity index (χ0n) is 12.0. The molecule has 0 spiro atoms. The Balaban J connectivity index is 2.40. The van der Waals surface area contributed by atoms with Crippen molar-refractivity contribution in [1.29, 1.82) is 5.26 Å². The number of aryl methyl sites for hydroxylation is 1. The van der Waals surface area contributed by atoms with E-state index in [0.29, 0.717) is 0 Å². The van der Waals surface area contributed by atoms with E-state index in [-0.39, 0.29) is 23.5 Å². The topological polar surface area (TPSA) is 59.0 Å². The van der Waals surface area contributed by atoms with Crippen LogP contribution in [0.2, 0.25) is 0 Å². The van der Waals surface area contributed by atoms with Gasteiger partial charge in [-0.25, -0.2) is 4.39 Å². The summed E-state index contributed by atoms with van der Waals surface area (Å²) in [6.45, 7) is 3.96. The molecule has 0 aliphatic carbocycles. The number of rotatable bonds is 5. The molecule has 1 aromatic carbocycles. The maximum atomic E-state index is 13.7. The fourth-order valence-corrected chi connectivity index (χ4v) is 3.10. The van der Waals surface area contributed by atoms with Crippen LogP contribution in [-0.2, 0) is 0 Å². The Bertz CT molecular complexity index is 663. The highest BCUT2D eigenvalue weighted by Crippen LogP contribution is 2.33. The van der Waals surface area contributed by atoms with E-state index in [2.05, 4.69) is 0 Å². The van der Waals surface area contributed by atoms with Crippen LogP contribution in [0.4, 0.5) is 4.39 Å². The molecule has 2 rings (SSSR count). The molecule has 21 heavy (non-hydrogen) atoms. The summed E-state index contributed by atoms with van der Waals surface area (Å²) in [5, 5.41) is 11.1. The van der Waals surface area contributed by atoms with Crippen LogP contribution in [0.3, 0.4) is 0 Å². The number of halogens is 1. The lowest BCUT2D eigenvalue weighted by atomic mass is 10.0. The first-order valence-electron chi connectivity index (χ1n) is 6.73. The van der Waals surface area contributed by atoms with Crippen molar-refractivity contribution in [2.45, 2.75) is 32.4 Å². The molecule has 3 nitrogen and oxygen atoms in total. The molecule has 0 aliphatic heterocycles. The van der Waals surface area contributed by atoms with Crippen molar-refractivity contribution < 1.29 is 9.13 Å². The van der Waals surface area contributed by atoms with E-state index in [1.807, 2.05) is 31.4 Å². The second-order valence-corrected chi connectivity index (χ2v) is 5.75. The standard InChI is InChI=1S/C16H17FN2OS/c1-3-13(19)15(16-10(2)7-8-21-16)20-14-6-4-5-12(17)11(14)9-18/h4-8,13,15H,3,19H2,1-2H3. The Morgan fingerprint density at radius 3 is 2.76 bits per heavy atom. The van der Waals surface area contributed by atoms with Crippen LogP contribution in [0.25, 0.3) is 0 Å². The first-order valence-corrected chi connectivity index (χ1v) is 7.61. The smallest absolute Gasteiger partial charge is 0.148 e. The van der Waals surface area contributed by atoms with Crippen molar-refractivity contribution in [3.63, 3.8) is 0 Å². The van der Waals surface area contributed by atoms with Crippen molar-refractivity contribution in [2.75, 3.05) is 0 Å². The molecular formula is C16H17FN2OS. The number of thiophene rings is 1. The lowest BCUT2D eigenvalue weighted by molar-refractivity contribution is 0.173. The monoisotopic (exact) mass is 304 g/mol. The van der Waals surface area contributed by atoms with Gasteiger partial charge in [-0.2, -0.15) is 5.26 Å². The van der Waals surface area contributed by atoms with Gasteiger partial charge in [0.05, 0.1) is 0 Å². The summed E-state index contributed by atoms with van der Waals surface area (Å²) in [7, 11) is 0. The second kappa shape index (κ2) is 6.70. The molecule has 0 bridgehead atoms. The Labute approximate surface area is 127 Å². The molecule has 0 saturated heterocycles. The number of hydrogen-bond donors (Lipinski definition) is 1. The Morgan fingerprint density at radius 2 is 2.19 bits per heavy atom. The number of nitrogens with two attached hydrogens (primary N) is 1. The van der Waals surface area contributed by atoms with Crippen molar-refractivity contribution in [2.24, 2.45) is 5.73 Å². The van der Waals surface area contributed by atoms with E-state index in [0.717, 1.165) is 16.9 Å². The normalized spacial score (nSPS) is 13.5. The first-order chi connectivity index (χ1) is 10.1. The fourth-order valence-electron chi connectivity index (χ4n) is 2.07. The first kappa shape index (κ1) is 15.5. The molecule has 2 aromatic rings. The van der Waals surface area contributed by atoms with E-state index in [1.54, 1.807) is 17.4 Å². The third-order valence-electron chi connectivity index (χ3n) is 3.36. The second-order valence-electron chi connectivity index (χ2n) is 4.80. The lowest BCUT2D eigenvalue weighted by Crippen LogP contribution is -2.31. The number of nitriles is 1. The molecular weight excluding hydrogens is 287 g/mol. The van der Waals surface area contributed by atoms with Gasteiger partial charge < -0.3 is 10.5 Å². The van der Waals surface area contributed by atoms with Crippen LogP contribution in [0, 0.1) is 24.1 Å². The molecule has 0 amide bonds. The average molecular weight is 304 g/mol. The molecule has 2 N–H and O–H groups in total. The highest BCUT2D eigenvalue weighted by atomic mass is 32.1. The van der Waals surface area contributed by atoms with Gasteiger partial charge in [0.1, 0.15) is 29.3 Å². The van der Waals surface area contributed by atoms with Gasteiger partial charge in [0.25, 0.3) is 0 Å². The largest absolute Gasteiger partial charge is 0.482 e.